The molecule has 0 aliphatic rings. The number of hydrogen-bond acceptors (Lipinski definition) is 4. The van der Waals surface area contributed by atoms with Gasteiger partial charge in [0.1, 0.15) is 0 Å². The maximum Gasteiger partial charge on any atom is 0.337 e. The number of benzene rings is 1. The summed E-state index contributed by atoms with van der Waals surface area (Å²) in [4.78, 5) is 19.7. The molecule has 1 heterocycles. The summed E-state index contributed by atoms with van der Waals surface area (Å²) in [6.45, 7) is 4.18. The molecule has 0 amide bonds. The number of hydrogen-bond donors (Lipinski definition) is 2. The summed E-state index contributed by atoms with van der Waals surface area (Å²) < 4.78 is 0. The Hall–Kier alpha value is -2.17. The van der Waals surface area contributed by atoms with Gasteiger partial charge in [-0.05, 0) is 18.9 Å². The van der Waals surface area contributed by atoms with Crippen molar-refractivity contribution in [1.29, 1.82) is 0 Å². The van der Waals surface area contributed by atoms with Crippen molar-refractivity contribution in [2.45, 2.75) is 32.7 Å². The Morgan fingerprint density at radius 1 is 1.37 bits per heavy atom. The predicted molar refractivity (Wildman–Crippen MR) is 74.5 cm³/mol. The zero-order valence-electron chi connectivity index (χ0n) is 11.1. The highest BCUT2D eigenvalue weighted by molar-refractivity contribution is 6.01. The Balaban J connectivity index is 2.43. The first kappa shape index (κ1) is 13.3. The minimum atomic E-state index is -0.974. The summed E-state index contributed by atoms with van der Waals surface area (Å²) in [6.07, 6.45) is 3.59. The fourth-order valence-corrected chi connectivity index (χ4v) is 1.97. The van der Waals surface area contributed by atoms with Crippen molar-refractivity contribution in [3.05, 3.63) is 30.0 Å². The van der Waals surface area contributed by atoms with Gasteiger partial charge in [0.25, 0.3) is 0 Å². The van der Waals surface area contributed by atoms with Crippen LogP contribution in [0.15, 0.2) is 24.4 Å². The topological polar surface area (TPSA) is 75.1 Å². The van der Waals surface area contributed by atoms with Gasteiger partial charge in [-0.1, -0.05) is 26.0 Å². The number of aromatic carboxylic acids is 1. The summed E-state index contributed by atoms with van der Waals surface area (Å²) in [6, 6.07) is 5.36. The molecule has 2 rings (SSSR count). The third-order valence-corrected chi connectivity index (χ3v) is 3.16. The van der Waals surface area contributed by atoms with Crippen LogP contribution in [-0.4, -0.2) is 27.1 Å². The van der Waals surface area contributed by atoms with Gasteiger partial charge < -0.3 is 10.4 Å². The van der Waals surface area contributed by atoms with Crippen LogP contribution in [0.2, 0.25) is 0 Å². The fourth-order valence-electron chi connectivity index (χ4n) is 1.97. The quantitative estimate of drug-likeness (QED) is 0.863. The smallest absolute Gasteiger partial charge is 0.337 e. The maximum atomic E-state index is 11.2. The van der Waals surface area contributed by atoms with Crippen LogP contribution in [0.1, 0.15) is 37.0 Å². The largest absolute Gasteiger partial charge is 0.478 e. The molecule has 0 aliphatic heterocycles. The molecule has 2 aromatic rings. The van der Waals surface area contributed by atoms with E-state index in [1.54, 1.807) is 18.3 Å². The van der Waals surface area contributed by atoms with Crippen molar-refractivity contribution in [1.82, 2.24) is 9.97 Å². The lowest BCUT2D eigenvalue weighted by atomic mass is 10.1. The van der Waals surface area contributed by atoms with Crippen LogP contribution >= 0.6 is 0 Å². The molecule has 100 valence electrons. The van der Waals surface area contributed by atoms with Gasteiger partial charge in [0.2, 0.25) is 5.95 Å². The molecule has 1 aromatic carbocycles. The number of aromatic nitrogens is 2. The lowest BCUT2D eigenvalue weighted by molar-refractivity contribution is 0.0699. The second-order valence-corrected chi connectivity index (χ2v) is 4.40. The van der Waals surface area contributed by atoms with Crippen LogP contribution in [0, 0.1) is 0 Å². The summed E-state index contributed by atoms with van der Waals surface area (Å²) in [5.74, 6) is -0.493. The average Bonchev–Trinajstić information content (AvgIpc) is 2.43. The molecule has 1 aromatic heterocycles. The summed E-state index contributed by atoms with van der Waals surface area (Å²) in [7, 11) is 0. The predicted octanol–water partition coefficient (Wildman–Crippen LogP) is 2.93. The van der Waals surface area contributed by atoms with Gasteiger partial charge in [-0.15, -0.1) is 0 Å². The van der Waals surface area contributed by atoms with Gasteiger partial charge in [-0.25, -0.2) is 14.8 Å². The molecule has 0 aliphatic carbocycles. The van der Waals surface area contributed by atoms with E-state index in [9.17, 15) is 4.79 Å². The number of rotatable bonds is 5. The number of carboxylic acids is 1. The maximum absolute atomic E-state index is 11.2. The summed E-state index contributed by atoms with van der Waals surface area (Å²) in [5, 5.41) is 13.1. The van der Waals surface area contributed by atoms with E-state index in [1.165, 1.54) is 0 Å². The third-order valence-electron chi connectivity index (χ3n) is 3.16. The number of para-hydroxylation sites is 1. The van der Waals surface area contributed by atoms with E-state index >= 15 is 0 Å². The second-order valence-electron chi connectivity index (χ2n) is 4.40. The molecule has 0 saturated heterocycles. The molecule has 0 atom stereocenters. The number of fused-ring (bicyclic) bond motifs is 1. The molecule has 0 saturated carbocycles. The summed E-state index contributed by atoms with van der Waals surface area (Å²) in [5.41, 5.74) is 0.672. The van der Waals surface area contributed by atoms with Crippen molar-refractivity contribution in [2.75, 3.05) is 5.32 Å². The molecule has 0 bridgehead atoms. The number of nitrogens with zero attached hydrogens (tertiary/aromatic N) is 2. The van der Waals surface area contributed by atoms with Crippen LogP contribution in [0.4, 0.5) is 5.95 Å². The first-order valence-corrected chi connectivity index (χ1v) is 6.41. The Labute approximate surface area is 111 Å². The van der Waals surface area contributed by atoms with E-state index < -0.39 is 5.97 Å². The first-order valence-electron chi connectivity index (χ1n) is 6.41. The highest BCUT2D eigenvalue weighted by Crippen LogP contribution is 2.18. The molecule has 5 nitrogen and oxygen atoms in total. The molecule has 0 spiro atoms. The highest BCUT2D eigenvalue weighted by atomic mass is 16.4. The first-order chi connectivity index (χ1) is 9.15. The normalized spacial score (nSPS) is 10.9. The van der Waals surface area contributed by atoms with Gasteiger partial charge in [-0.2, -0.15) is 0 Å². The average molecular weight is 259 g/mol. The fraction of sp³-hybridized carbons (Fsp3) is 0.357. The number of anilines is 1. The molecule has 2 N–H and O–H groups in total. The highest BCUT2D eigenvalue weighted by Gasteiger charge is 2.11. The Morgan fingerprint density at radius 3 is 2.74 bits per heavy atom. The minimum absolute atomic E-state index is 0.201. The van der Waals surface area contributed by atoms with E-state index in [0.717, 1.165) is 18.2 Å². The monoisotopic (exact) mass is 259 g/mol. The van der Waals surface area contributed by atoms with Crippen molar-refractivity contribution in [2.24, 2.45) is 0 Å². The van der Waals surface area contributed by atoms with Gasteiger partial charge in [0, 0.05) is 17.6 Å². The standard InChI is InChI=1S/C14H17N3O2/c1-3-10(4-2)16-14-15-8-9-6-5-7-11(13(18)19)12(9)17-14/h5-8,10H,3-4H2,1-2H3,(H,18,19)(H,15,16,17). The molecule has 19 heavy (non-hydrogen) atoms. The molecule has 5 heteroatoms. The number of carboxylic acid groups (broad SMARTS) is 1. The SMILES string of the molecule is CCC(CC)Nc1ncc2cccc(C(=O)O)c2n1. The van der Waals surface area contributed by atoms with Crippen LogP contribution in [0.3, 0.4) is 0 Å². The van der Waals surface area contributed by atoms with Gasteiger partial charge in [0.05, 0.1) is 11.1 Å². The molecule has 0 radical (unpaired) electrons. The van der Waals surface area contributed by atoms with E-state index in [0.29, 0.717) is 17.5 Å². The second kappa shape index (κ2) is 5.65. The van der Waals surface area contributed by atoms with E-state index in [2.05, 4.69) is 29.1 Å². The van der Waals surface area contributed by atoms with Gasteiger partial charge >= 0.3 is 5.97 Å². The van der Waals surface area contributed by atoms with Crippen LogP contribution in [-0.2, 0) is 0 Å². The Bertz CT molecular complexity index is 594. The van der Waals surface area contributed by atoms with E-state index in [4.69, 9.17) is 5.11 Å². The summed E-state index contributed by atoms with van der Waals surface area (Å²) >= 11 is 0. The van der Waals surface area contributed by atoms with Gasteiger partial charge in [0.15, 0.2) is 0 Å². The lowest BCUT2D eigenvalue weighted by Crippen LogP contribution is -2.18. The molecular formula is C14H17N3O2. The minimum Gasteiger partial charge on any atom is -0.478 e. The lowest BCUT2D eigenvalue weighted by Gasteiger charge is -2.14. The van der Waals surface area contributed by atoms with Crippen LogP contribution in [0.5, 0.6) is 0 Å². The molecule has 0 unspecified atom stereocenters. The van der Waals surface area contributed by atoms with E-state index in [-0.39, 0.29) is 5.56 Å². The Kier molecular flexibility index (Phi) is 3.94. The number of carbonyl (C=O) groups is 1. The van der Waals surface area contributed by atoms with Crippen molar-refractivity contribution >= 4 is 22.8 Å². The van der Waals surface area contributed by atoms with Crippen molar-refractivity contribution in [3.8, 4) is 0 Å². The van der Waals surface area contributed by atoms with Crippen LogP contribution in [0.25, 0.3) is 10.9 Å². The van der Waals surface area contributed by atoms with E-state index in [1.807, 2.05) is 6.07 Å². The molecule has 0 fully saturated rings. The Morgan fingerprint density at radius 2 is 2.11 bits per heavy atom. The zero-order chi connectivity index (χ0) is 13.8. The van der Waals surface area contributed by atoms with Gasteiger partial charge in [-0.3, -0.25) is 0 Å². The van der Waals surface area contributed by atoms with Crippen LogP contribution < -0.4 is 5.32 Å². The third kappa shape index (κ3) is 2.81. The number of nitrogens with one attached hydrogen (secondary N) is 1. The van der Waals surface area contributed by atoms with Crippen molar-refractivity contribution < 1.29 is 9.90 Å². The zero-order valence-corrected chi connectivity index (χ0v) is 11.1. The molecular weight excluding hydrogens is 242 g/mol. The van der Waals surface area contributed by atoms with Crippen molar-refractivity contribution in [3.63, 3.8) is 0 Å².